The summed E-state index contributed by atoms with van der Waals surface area (Å²) in [5.74, 6) is 1.03. The Kier molecular flexibility index (Phi) is 6.65. The zero-order valence-corrected chi connectivity index (χ0v) is 15.1. The van der Waals surface area contributed by atoms with Gasteiger partial charge in [-0.3, -0.25) is 4.79 Å². The summed E-state index contributed by atoms with van der Waals surface area (Å²) in [5, 5.41) is 7.70. The first-order chi connectivity index (χ1) is 12.0. The van der Waals surface area contributed by atoms with Gasteiger partial charge in [-0.1, -0.05) is 17.7 Å². The summed E-state index contributed by atoms with van der Waals surface area (Å²) < 4.78 is 10.5. The number of nitrogens with zero attached hydrogens (tertiary/aromatic N) is 1. The van der Waals surface area contributed by atoms with Gasteiger partial charge in [0, 0.05) is 22.3 Å². The van der Waals surface area contributed by atoms with E-state index in [9.17, 15) is 4.79 Å². The molecule has 25 heavy (non-hydrogen) atoms. The van der Waals surface area contributed by atoms with Gasteiger partial charge in [0.2, 0.25) is 0 Å². The molecule has 0 aliphatic rings. The number of rotatable bonds is 7. The zero-order valence-electron chi connectivity index (χ0n) is 14.3. The summed E-state index contributed by atoms with van der Waals surface area (Å²) >= 11 is 5.90. The molecule has 0 saturated heterocycles. The van der Waals surface area contributed by atoms with Crippen molar-refractivity contribution in [3.05, 3.63) is 53.1 Å². The van der Waals surface area contributed by atoms with E-state index in [4.69, 9.17) is 21.1 Å². The van der Waals surface area contributed by atoms with Crippen molar-refractivity contribution in [1.82, 2.24) is 5.43 Å². The number of methoxy groups -OCH3 is 2. The van der Waals surface area contributed by atoms with E-state index in [1.807, 2.05) is 12.1 Å². The molecule has 0 aliphatic heterocycles. The van der Waals surface area contributed by atoms with Crippen LogP contribution in [-0.2, 0) is 4.79 Å². The smallest absolute Gasteiger partial charge is 0.259 e. The maximum Gasteiger partial charge on any atom is 0.259 e. The number of amides is 1. The summed E-state index contributed by atoms with van der Waals surface area (Å²) in [5.41, 5.74) is 4.67. The van der Waals surface area contributed by atoms with Gasteiger partial charge < -0.3 is 14.8 Å². The van der Waals surface area contributed by atoms with Crippen LogP contribution in [-0.4, -0.2) is 32.4 Å². The predicted octanol–water partition coefficient (Wildman–Crippen LogP) is 3.31. The highest BCUT2D eigenvalue weighted by Crippen LogP contribution is 2.25. The molecule has 0 saturated carbocycles. The number of ether oxygens (including phenoxy) is 2. The first kappa shape index (κ1) is 18.6. The lowest BCUT2D eigenvalue weighted by Gasteiger charge is -2.10. The molecule has 6 nitrogen and oxygen atoms in total. The summed E-state index contributed by atoms with van der Waals surface area (Å²) in [6, 6.07) is 12.5. The standard InChI is InChI=1S/C18H20ClN3O3/c1-12(16-8-7-15(24-2)10-17(16)25-3)21-22-18(23)11-20-14-6-4-5-13(19)9-14/h4-10,20H,11H2,1-3H3,(H,22,23)/b21-12+. The highest BCUT2D eigenvalue weighted by atomic mass is 35.5. The molecule has 0 radical (unpaired) electrons. The molecule has 0 aromatic heterocycles. The Bertz CT molecular complexity index is 778. The number of hydrogen-bond donors (Lipinski definition) is 2. The van der Waals surface area contributed by atoms with Gasteiger partial charge in [0.15, 0.2) is 0 Å². The van der Waals surface area contributed by atoms with Crippen LogP contribution >= 0.6 is 11.6 Å². The van der Waals surface area contributed by atoms with Gasteiger partial charge in [-0.2, -0.15) is 5.10 Å². The maximum atomic E-state index is 11.9. The molecule has 0 aliphatic carbocycles. The molecule has 0 atom stereocenters. The Morgan fingerprint density at radius 3 is 2.64 bits per heavy atom. The summed E-state index contributed by atoms with van der Waals surface area (Å²) in [7, 11) is 3.15. The summed E-state index contributed by atoms with van der Waals surface area (Å²) in [6.45, 7) is 1.87. The SMILES string of the molecule is COc1ccc(/C(C)=N/NC(=O)CNc2cccc(Cl)c2)c(OC)c1. The van der Waals surface area contributed by atoms with Gasteiger partial charge in [-0.25, -0.2) is 5.43 Å². The van der Waals surface area contributed by atoms with Crippen LogP contribution in [0.2, 0.25) is 5.02 Å². The van der Waals surface area contributed by atoms with Crippen LogP contribution in [0.1, 0.15) is 12.5 Å². The van der Waals surface area contributed by atoms with E-state index in [1.165, 1.54) is 0 Å². The first-order valence-electron chi connectivity index (χ1n) is 7.58. The van der Waals surface area contributed by atoms with Crippen molar-refractivity contribution < 1.29 is 14.3 Å². The van der Waals surface area contributed by atoms with E-state index >= 15 is 0 Å². The molecule has 2 aromatic carbocycles. The van der Waals surface area contributed by atoms with E-state index < -0.39 is 0 Å². The lowest BCUT2D eigenvalue weighted by atomic mass is 10.1. The van der Waals surface area contributed by atoms with E-state index in [-0.39, 0.29) is 12.5 Å². The van der Waals surface area contributed by atoms with E-state index in [0.717, 1.165) is 11.3 Å². The molecule has 0 unspecified atom stereocenters. The van der Waals surface area contributed by atoms with Crippen molar-refractivity contribution in [3.8, 4) is 11.5 Å². The fraction of sp³-hybridized carbons (Fsp3) is 0.222. The summed E-state index contributed by atoms with van der Waals surface area (Å²) in [6.07, 6.45) is 0. The van der Waals surface area contributed by atoms with Crippen LogP contribution in [0.15, 0.2) is 47.6 Å². The minimum atomic E-state index is -0.271. The van der Waals surface area contributed by atoms with Crippen molar-refractivity contribution in [3.63, 3.8) is 0 Å². The number of halogens is 1. The first-order valence-corrected chi connectivity index (χ1v) is 7.96. The average Bonchev–Trinajstić information content (AvgIpc) is 2.63. The Morgan fingerprint density at radius 1 is 1.16 bits per heavy atom. The molecule has 132 valence electrons. The predicted molar refractivity (Wildman–Crippen MR) is 99.8 cm³/mol. The molecule has 0 heterocycles. The molecule has 2 N–H and O–H groups in total. The Hall–Kier alpha value is -2.73. The molecule has 2 aromatic rings. The number of hydrogen-bond acceptors (Lipinski definition) is 5. The maximum absolute atomic E-state index is 11.9. The minimum Gasteiger partial charge on any atom is -0.497 e. The largest absolute Gasteiger partial charge is 0.497 e. The number of carbonyl (C=O) groups is 1. The average molecular weight is 362 g/mol. The number of benzene rings is 2. The number of anilines is 1. The zero-order chi connectivity index (χ0) is 18.2. The topological polar surface area (TPSA) is 72.0 Å². The van der Waals surface area contributed by atoms with Gasteiger partial charge in [-0.05, 0) is 37.3 Å². The van der Waals surface area contributed by atoms with Gasteiger partial charge in [-0.15, -0.1) is 0 Å². The van der Waals surface area contributed by atoms with Crippen molar-refractivity contribution in [2.45, 2.75) is 6.92 Å². The molecule has 2 rings (SSSR count). The molecule has 0 spiro atoms. The summed E-state index contributed by atoms with van der Waals surface area (Å²) in [4.78, 5) is 11.9. The monoisotopic (exact) mass is 361 g/mol. The molecular weight excluding hydrogens is 342 g/mol. The number of nitrogens with one attached hydrogen (secondary N) is 2. The lowest BCUT2D eigenvalue weighted by molar-refractivity contribution is -0.119. The van der Waals surface area contributed by atoms with Gasteiger partial charge >= 0.3 is 0 Å². The molecule has 0 fully saturated rings. The van der Waals surface area contributed by atoms with Crippen LogP contribution in [0.25, 0.3) is 0 Å². The highest BCUT2D eigenvalue weighted by Gasteiger charge is 2.09. The van der Waals surface area contributed by atoms with Gasteiger partial charge in [0.1, 0.15) is 11.5 Å². The van der Waals surface area contributed by atoms with Crippen molar-refractivity contribution in [2.24, 2.45) is 5.10 Å². The van der Waals surface area contributed by atoms with E-state index in [1.54, 1.807) is 51.5 Å². The van der Waals surface area contributed by atoms with Crippen LogP contribution in [0.5, 0.6) is 11.5 Å². The normalized spacial score (nSPS) is 11.0. The van der Waals surface area contributed by atoms with E-state index in [2.05, 4.69) is 15.8 Å². The molecular formula is C18H20ClN3O3. The fourth-order valence-corrected chi connectivity index (χ4v) is 2.31. The van der Waals surface area contributed by atoms with Crippen molar-refractivity contribution >= 4 is 28.9 Å². The van der Waals surface area contributed by atoms with Crippen molar-refractivity contribution in [1.29, 1.82) is 0 Å². The quantitative estimate of drug-likeness (QED) is 0.586. The van der Waals surface area contributed by atoms with Crippen LogP contribution < -0.4 is 20.2 Å². The van der Waals surface area contributed by atoms with Crippen LogP contribution in [0, 0.1) is 0 Å². The minimum absolute atomic E-state index is 0.0802. The number of carbonyl (C=O) groups excluding carboxylic acids is 1. The van der Waals surface area contributed by atoms with Crippen molar-refractivity contribution in [2.75, 3.05) is 26.1 Å². The number of hydrazone groups is 1. The second-order valence-electron chi connectivity index (χ2n) is 5.16. The lowest BCUT2D eigenvalue weighted by Crippen LogP contribution is -2.26. The molecule has 7 heteroatoms. The van der Waals surface area contributed by atoms with Gasteiger partial charge in [0.25, 0.3) is 5.91 Å². The van der Waals surface area contributed by atoms with Crippen LogP contribution in [0.3, 0.4) is 0 Å². The molecule has 1 amide bonds. The second kappa shape index (κ2) is 8.94. The third-order valence-electron chi connectivity index (χ3n) is 3.42. The molecule has 0 bridgehead atoms. The van der Waals surface area contributed by atoms with E-state index in [0.29, 0.717) is 22.2 Å². The van der Waals surface area contributed by atoms with Gasteiger partial charge in [0.05, 0.1) is 26.5 Å². The Labute approximate surface area is 151 Å². The second-order valence-corrected chi connectivity index (χ2v) is 5.60. The fourth-order valence-electron chi connectivity index (χ4n) is 2.12. The Balaban J connectivity index is 1.97. The van der Waals surface area contributed by atoms with Crippen LogP contribution in [0.4, 0.5) is 5.69 Å². The highest BCUT2D eigenvalue weighted by molar-refractivity contribution is 6.30. The third-order valence-corrected chi connectivity index (χ3v) is 3.66. The third kappa shape index (κ3) is 5.39. The Morgan fingerprint density at radius 2 is 1.96 bits per heavy atom.